The standard InChI is InChI=1S/C11H8ClN5O2/c12-10-11(14-5-4-13-10)16-15-7-8-2-1-3-9(6-8)17(18)19/h1-7H,(H,14,16)/b15-7-. The molecule has 8 heteroatoms. The van der Waals surface area contributed by atoms with Gasteiger partial charge in [0, 0.05) is 30.1 Å². The molecule has 2 rings (SSSR count). The van der Waals surface area contributed by atoms with Gasteiger partial charge in [0.05, 0.1) is 11.1 Å². The number of hydrogen-bond acceptors (Lipinski definition) is 6. The van der Waals surface area contributed by atoms with E-state index in [4.69, 9.17) is 11.6 Å². The molecule has 96 valence electrons. The van der Waals surface area contributed by atoms with Crippen LogP contribution in [0.5, 0.6) is 0 Å². The fraction of sp³-hybridized carbons (Fsp3) is 0. The minimum atomic E-state index is -0.468. The van der Waals surface area contributed by atoms with Crippen molar-refractivity contribution in [3.8, 4) is 0 Å². The lowest BCUT2D eigenvalue weighted by atomic mass is 10.2. The number of nitro benzene ring substituents is 1. The molecule has 19 heavy (non-hydrogen) atoms. The van der Waals surface area contributed by atoms with Crippen LogP contribution < -0.4 is 5.43 Å². The van der Waals surface area contributed by atoms with E-state index in [1.165, 1.54) is 30.7 Å². The number of nitrogens with zero attached hydrogens (tertiary/aromatic N) is 4. The Morgan fingerprint density at radius 3 is 2.89 bits per heavy atom. The SMILES string of the molecule is O=[N+]([O-])c1cccc(/C=N\Nc2nccnc2Cl)c1. The average Bonchev–Trinajstić information content (AvgIpc) is 2.41. The van der Waals surface area contributed by atoms with E-state index in [0.29, 0.717) is 11.4 Å². The van der Waals surface area contributed by atoms with Crippen LogP contribution >= 0.6 is 11.6 Å². The Balaban J connectivity index is 2.09. The number of rotatable bonds is 4. The van der Waals surface area contributed by atoms with Gasteiger partial charge in [-0.3, -0.25) is 15.5 Å². The number of benzene rings is 1. The molecule has 0 aliphatic rings. The second-order valence-electron chi connectivity index (χ2n) is 3.42. The van der Waals surface area contributed by atoms with Gasteiger partial charge in [-0.2, -0.15) is 5.10 Å². The Morgan fingerprint density at radius 2 is 2.16 bits per heavy atom. The highest BCUT2D eigenvalue weighted by Gasteiger charge is 2.04. The lowest BCUT2D eigenvalue weighted by Crippen LogP contribution is -1.96. The average molecular weight is 278 g/mol. The van der Waals surface area contributed by atoms with Gasteiger partial charge in [0.1, 0.15) is 0 Å². The summed E-state index contributed by atoms with van der Waals surface area (Å²) in [6.07, 6.45) is 4.35. The lowest BCUT2D eigenvalue weighted by molar-refractivity contribution is -0.384. The van der Waals surface area contributed by atoms with Crippen molar-refractivity contribution in [2.24, 2.45) is 5.10 Å². The van der Waals surface area contributed by atoms with E-state index in [0.717, 1.165) is 0 Å². The van der Waals surface area contributed by atoms with Gasteiger partial charge in [-0.05, 0) is 0 Å². The van der Waals surface area contributed by atoms with Crippen molar-refractivity contribution in [3.63, 3.8) is 0 Å². The predicted octanol–water partition coefficient (Wildman–Crippen LogP) is 2.48. The van der Waals surface area contributed by atoms with Gasteiger partial charge in [0.15, 0.2) is 11.0 Å². The van der Waals surface area contributed by atoms with Crippen molar-refractivity contribution in [3.05, 3.63) is 57.5 Å². The molecular weight excluding hydrogens is 270 g/mol. The van der Waals surface area contributed by atoms with E-state index in [9.17, 15) is 10.1 Å². The molecule has 0 saturated carbocycles. The normalized spacial score (nSPS) is 10.6. The summed E-state index contributed by atoms with van der Waals surface area (Å²) >= 11 is 5.77. The molecule has 1 aromatic carbocycles. The maximum Gasteiger partial charge on any atom is 0.270 e. The maximum atomic E-state index is 10.6. The number of anilines is 1. The van der Waals surface area contributed by atoms with Gasteiger partial charge in [0.25, 0.3) is 5.69 Å². The number of halogens is 1. The molecule has 1 aromatic heterocycles. The highest BCUT2D eigenvalue weighted by molar-refractivity contribution is 6.31. The molecule has 1 N–H and O–H groups in total. The van der Waals surface area contributed by atoms with Crippen LogP contribution in [-0.4, -0.2) is 21.1 Å². The molecule has 2 aromatic rings. The zero-order chi connectivity index (χ0) is 13.7. The second-order valence-corrected chi connectivity index (χ2v) is 3.78. The van der Waals surface area contributed by atoms with Crippen molar-refractivity contribution in [1.82, 2.24) is 9.97 Å². The Morgan fingerprint density at radius 1 is 1.37 bits per heavy atom. The third-order valence-electron chi connectivity index (χ3n) is 2.12. The van der Waals surface area contributed by atoms with Crippen LogP contribution in [0.3, 0.4) is 0 Å². The Hall–Kier alpha value is -2.54. The summed E-state index contributed by atoms with van der Waals surface area (Å²) < 4.78 is 0. The number of nitro groups is 1. The molecule has 7 nitrogen and oxygen atoms in total. The van der Waals surface area contributed by atoms with Gasteiger partial charge in [-0.25, -0.2) is 9.97 Å². The lowest BCUT2D eigenvalue weighted by Gasteiger charge is -1.99. The molecule has 0 atom stereocenters. The fourth-order valence-electron chi connectivity index (χ4n) is 1.28. The Bertz CT molecular complexity index is 632. The van der Waals surface area contributed by atoms with Crippen LogP contribution in [0.15, 0.2) is 41.8 Å². The van der Waals surface area contributed by atoms with E-state index >= 15 is 0 Å². The van der Waals surface area contributed by atoms with Gasteiger partial charge < -0.3 is 0 Å². The van der Waals surface area contributed by atoms with E-state index in [-0.39, 0.29) is 10.8 Å². The van der Waals surface area contributed by atoms with Gasteiger partial charge in [0.2, 0.25) is 0 Å². The highest BCUT2D eigenvalue weighted by atomic mass is 35.5. The smallest absolute Gasteiger partial charge is 0.259 e. The number of aromatic nitrogens is 2. The fourth-order valence-corrected chi connectivity index (χ4v) is 1.43. The largest absolute Gasteiger partial charge is 0.270 e. The highest BCUT2D eigenvalue weighted by Crippen LogP contribution is 2.14. The number of hydrogen-bond donors (Lipinski definition) is 1. The first-order valence-corrected chi connectivity index (χ1v) is 5.54. The van der Waals surface area contributed by atoms with Crippen molar-refractivity contribution in [2.45, 2.75) is 0 Å². The topological polar surface area (TPSA) is 93.3 Å². The van der Waals surface area contributed by atoms with Crippen LogP contribution in [0, 0.1) is 10.1 Å². The van der Waals surface area contributed by atoms with Crippen LogP contribution in [0.2, 0.25) is 5.15 Å². The number of non-ortho nitro benzene ring substituents is 1. The van der Waals surface area contributed by atoms with E-state index in [2.05, 4.69) is 20.5 Å². The first-order valence-electron chi connectivity index (χ1n) is 5.17. The molecule has 0 unspecified atom stereocenters. The van der Waals surface area contributed by atoms with Crippen molar-refractivity contribution >= 4 is 29.3 Å². The predicted molar refractivity (Wildman–Crippen MR) is 71.4 cm³/mol. The Kier molecular flexibility index (Phi) is 3.99. The summed E-state index contributed by atoms with van der Waals surface area (Å²) in [6.45, 7) is 0. The quantitative estimate of drug-likeness (QED) is 0.526. The number of hydrazone groups is 1. The van der Waals surface area contributed by atoms with Crippen LogP contribution in [0.4, 0.5) is 11.5 Å². The van der Waals surface area contributed by atoms with Gasteiger partial charge in [-0.15, -0.1) is 0 Å². The monoisotopic (exact) mass is 277 g/mol. The van der Waals surface area contributed by atoms with Crippen LogP contribution in [-0.2, 0) is 0 Å². The van der Waals surface area contributed by atoms with Crippen molar-refractivity contribution in [1.29, 1.82) is 0 Å². The zero-order valence-electron chi connectivity index (χ0n) is 9.52. The first kappa shape index (κ1) is 12.9. The summed E-state index contributed by atoms with van der Waals surface area (Å²) in [5, 5.41) is 14.7. The van der Waals surface area contributed by atoms with Crippen LogP contribution in [0.1, 0.15) is 5.56 Å². The second kappa shape index (κ2) is 5.87. The maximum absolute atomic E-state index is 10.6. The van der Waals surface area contributed by atoms with Gasteiger partial charge in [-0.1, -0.05) is 23.7 Å². The molecular formula is C11H8ClN5O2. The molecule has 1 heterocycles. The third-order valence-corrected chi connectivity index (χ3v) is 2.40. The summed E-state index contributed by atoms with van der Waals surface area (Å²) in [7, 11) is 0. The van der Waals surface area contributed by atoms with Gasteiger partial charge >= 0.3 is 0 Å². The summed E-state index contributed by atoms with van der Waals surface area (Å²) in [5.74, 6) is 0.311. The van der Waals surface area contributed by atoms with E-state index in [1.807, 2.05) is 0 Å². The molecule has 0 spiro atoms. The molecule has 0 amide bonds. The molecule has 0 fully saturated rings. The van der Waals surface area contributed by atoms with Crippen LogP contribution in [0.25, 0.3) is 0 Å². The Labute approximate surface area is 113 Å². The van der Waals surface area contributed by atoms with E-state index in [1.54, 1.807) is 12.1 Å². The molecule has 0 aliphatic carbocycles. The van der Waals surface area contributed by atoms with Crippen molar-refractivity contribution < 1.29 is 4.92 Å². The molecule has 0 saturated heterocycles. The third kappa shape index (κ3) is 3.46. The summed E-state index contributed by atoms with van der Waals surface area (Å²) in [4.78, 5) is 17.9. The van der Waals surface area contributed by atoms with Crippen molar-refractivity contribution in [2.75, 3.05) is 5.43 Å². The molecule has 0 aliphatic heterocycles. The summed E-state index contributed by atoms with van der Waals surface area (Å²) in [5.41, 5.74) is 3.19. The zero-order valence-corrected chi connectivity index (χ0v) is 10.3. The summed E-state index contributed by atoms with van der Waals surface area (Å²) in [6, 6.07) is 6.08. The number of nitrogens with one attached hydrogen (secondary N) is 1. The first-order chi connectivity index (χ1) is 9.16. The molecule has 0 radical (unpaired) electrons. The minimum absolute atomic E-state index is 0.00138. The molecule has 0 bridgehead atoms. The van der Waals surface area contributed by atoms with E-state index < -0.39 is 4.92 Å². The minimum Gasteiger partial charge on any atom is -0.259 e.